The number of thiophene rings is 1. The van der Waals surface area contributed by atoms with Crippen molar-refractivity contribution in [1.29, 1.82) is 0 Å². The lowest BCUT2D eigenvalue weighted by atomic mass is 10.0. The highest BCUT2D eigenvalue weighted by molar-refractivity contribution is 8.00. The van der Waals surface area contributed by atoms with Crippen molar-refractivity contribution in [2.24, 2.45) is 0 Å². The number of rotatable bonds is 3. The largest absolute Gasteiger partial charge is 0.297 e. The summed E-state index contributed by atoms with van der Waals surface area (Å²) in [7, 11) is 0. The van der Waals surface area contributed by atoms with Gasteiger partial charge in [-0.25, -0.2) is 0 Å². The molecule has 3 heteroatoms. The fraction of sp³-hybridized carbons (Fsp3) is 0.545. The van der Waals surface area contributed by atoms with Crippen molar-refractivity contribution in [2.75, 3.05) is 0 Å². The summed E-state index contributed by atoms with van der Waals surface area (Å²) in [5.74, 6) is 0. The highest BCUT2D eigenvalue weighted by atomic mass is 32.2. The molecule has 0 aromatic carbocycles. The molecule has 1 saturated carbocycles. The summed E-state index contributed by atoms with van der Waals surface area (Å²) in [4.78, 5) is 12.6. The first-order valence-electron chi connectivity index (χ1n) is 5.09. The molecule has 1 aliphatic carbocycles. The molecule has 1 nitrogen and oxygen atoms in total. The second-order valence-corrected chi connectivity index (χ2v) is 6.00. The average Bonchev–Trinajstić information content (AvgIpc) is 2.67. The van der Waals surface area contributed by atoms with Gasteiger partial charge in [-0.15, -0.1) is 23.1 Å². The van der Waals surface area contributed by atoms with Crippen molar-refractivity contribution in [3.8, 4) is 0 Å². The predicted molar refractivity (Wildman–Crippen MR) is 62.4 cm³/mol. The van der Waals surface area contributed by atoms with Crippen LogP contribution in [0.2, 0.25) is 0 Å². The average molecular weight is 226 g/mol. The molecule has 0 radical (unpaired) electrons. The third-order valence-electron chi connectivity index (χ3n) is 2.57. The van der Waals surface area contributed by atoms with E-state index in [2.05, 4.69) is 5.38 Å². The Hall–Kier alpha value is -0.280. The Morgan fingerprint density at radius 1 is 1.36 bits per heavy atom. The molecule has 1 fully saturated rings. The van der Waals surface area contributed by atoms with Gasteiger partial charge in [0, 0.05) is 15.5 Å². The molecule has 1 aromatic heterocycles. The summed E-state index contributed by atoms with van der Waals surface area (Å²) in [5.41, 5.74) is 0. The summed E-state index contributed by atoms with van der Waals surface area (Å²) >= 11 is 3.50. The Balaban J connectivity index is 1.92. The second kappa shape index (κ2) is 4.99. The lowest BCUT2D eigenvalue weighted by Gasteiger charge is -2.20. The molecular weight excluding hydrogens is 212 g/mol. The van der Waals surface area contributed by atoms with Crippen LogP contribution in [0.1, 0.15) is 41.8 Å². The topological polar surface area (TPSA) is 17.1 Å². The van der Waals surface area contributed by atoms with Gasteiger partial charge in [0.25, 0.3) is 0 Å². The summed E-state index contributed by atoms with van der Waals surface area (Å²) in [6.45, 7) is 0. The van der Waals surface area contributed by atoms with Gasteiger partial charge in [0.1, 0.15) is 0 Å². The zero-order valence-electron chi connectivity index (χ0n) is 8.07. The van der Waals surface area contributed by atoms with E-state index in [4.69, 9.17) is 0 Å². The second-order valence-electron chi connectivity index (χ2n) is 3.68. The molecular formula is C11H14OS2. The van der Waals surface area contributed by atoms with Crippen LogP contribution in [-0.4, -0.2) is 11.5 Å². The molecule has 1 aromatic rings. The smallest absolute Gasteiger partial charge is 0.160 e. The third-order valence-corrected chi connectivity index (χ3v) is 4.89. The van der Waals surface area contributed by atoms with Crippen LogP contribution in [0.25, 0.3) is 0 Å². The molecule has 0 aliphatic heterocycles. The van der Waals surface area contributed by atoms with Crippen molar-refractivity contribution in [3.05, 3.63) is 16.3 Å². The van der Waals surface area contributed by atoms with Gasteiger partial charge in [0.15, 0.2) is 6.29 Å². The Morgan fingerprint density at radius 2 is 2.14 bits per heavy atom. The van der Waals surface area contributed by atoms with Crippen LogP contribution in [0.5, 0.6) is 0 Å². The maximum atomic E-state index is 10.5. The summed E-state index contributed by atoms with van der Waals surface area (Å²) in [6, 6.07) is 2.01. The molecule has 0 N–H and O–H groups in total. The van der Waals surface area contributed by atoms with Gasteiger partial charge < -0.3 is 0 Å². The van der Waals surface area contributed by atoms with Crippen molar-refractivity contribution >= 4 is 29.4 Å². The zero-order valence-corrected chi connectivity index (χ0v) is 9.70. The number of carbonyl (C=O) groups excluding carboxylic acids is 1. The maximum Gasteiger partial charge on any atom is 0.160 e. The van der Waals surface area contributed by atoms with Gasteiger partial charge in [-0.2, -0.15) is 0 Å². The first-order valence-corrected chi connectivity index (χ1v) is 6.85. The van der Waals surface area contributed by atoms with E-state index in [0.717, 1.165) is 16.4 Å². The van der Waals surface area contributed by atoms with Crippen LogP contribution in [0.15, 0.2) is 16.3 Å². The molecule has 0 saturated heterocycles. The van der Waals surface area contributed by atoms with Gasteiger partial charge in [-0.3, -0.25) is 4.79 Å². The molecule has 1 heterocycles. The molecule has 2 rings (SSSR count). The van der Waals surface area contributed by atoms with Gasteiger partial charge in [-0.05, 0) is 18.9 Å². The van der Waals surface area contributed by atoms with Gasteiger partial charge in [0.05, 0.1) is 4.88 Å². The van der Waals surface area contributed by atoms with E-state index in [1.54, 1.807) is 11.3 Å². The van der Waals surface area contributed by atoms with Gasteiger partial charge in [-0.1, -0.05) is 19.3 Å². The predicted octanol–water partition coefficient (Wildman–Crippen LogP) is 3.99. The summed E-state index contributed by atoms with van der Waals surface area (Å²) in [5, 5.41) is 2.89. The Kier molecular flexibility index (Phi) is 3.65. The van der Waals surface area contributed by atoms with Crippen LogP contribution in [-0.2, 0) is 0 Å². The zero-order chi connectivity index (χ0) is 9.80. The van der Waals surface area contributed by atoms with E-state index in [-0.39, 0.29) is 0 Å². The van der Waals surface area contributed by atoms with Crippen molar-refractivity contribution in [3.63, 3.8) is 0 Å². The SMILES string of the molecule is O=Cc1cc(SC2CCCCC2)cs1. The van der Waals surface area contributed by atoms with Gasteiger partial charge in [0.2, 0.25) is 0 Å². The quantitative estimate of drug-likeness (QED) is 0.725. The van der Waals surface area contributed by atoms with Crippen LogP contribution >= 0.6 is 23.1 Å². The highest BCUT2D eigenvalue weighted by Gasteiger charge is 2.14. The fourth-order valence-corrected chi connectivity index (χ4v) is 3.99. The van der Waals surface area contributed by atoms with Crippen LogP contribution in [0.3, 0.4) is 0 Å². The van der Waals surface area contributed by atoms with Crippen LogP contribution in [0.4, 0.5) is 0 Å². The molecule has 76 valence electrons. The minimum absolute atomic E-state index is 0.790. The third kappa shape index (κ3) is 2.61. The normalized spacial score (nSPS) is 18.3. The first kappa shape index (κ1) is 10.2. The number of aldehydes is 1. The molecule has 0 bridgehead atoms. The Labute approximate surface area is 92.9 Å². The minimum Gasteiger partial charge on any atom is -0.297 e. The van der Waals surface area contributed by atoms with Gasteiger partial charge >= 0.3 is 0 Å². The summed E-state index contributed by atoms with van der Waals surface area (Å²) < 4.78 is 0. The van der Waals surface area contributed by atoms with Crippen LogP contribution in [0, 0.1) is 0 Å². The Bertz CT molecular complexity index is 300. The van der Waals surface area contributed by atoms with Crippen molar-refractivity contribution in [1.82, 2.24) is 0 Å². The van der Waals surface area contributed by atoms with Crippen molar-refractivity contribution in [2.45, 2.75) is 42.2 Å². The fourth-order valence-electron chi connectivity index (χ4n) is 1.83. The standard InChI is InChI=1S/C11H14OS2/c12-7-10-6-11(8-13-10)14-9-4-2-1-3-5-9/h6-9H,1-5H2. The lowest BCUT2D eigenvalue weighted by Crippen LogP contribution is -2.07. The van der Waals surface area contributed by atoms with E-state index in [0.29, 0.717) is 0 Å². The molecule has 14 heavy (non-hydrogen) atoms. The summed E-state index contributed by atoms with van der Waals surface area (Å²) in [6.07, 6.45) is 7.79. The highest BCUT2D eigenvalue weighted by Crippen LogP contribution is 2.35. The van der Waals surface area contributed by atoms with Crippen molar-refractivity contribution < 1.29 is 4.79 Å². The molecule has 0 atom stereocenters. The molecule has 0 unspecified atom stereocenters. The number of thioether (sulfide) groups is 1. The molecule has 0 spiro atoms. The number of hydrogen-bond donors (Lipinski definition) is 0. The molecule has 0 amide bonds. The van der Waals surface area contributed by atoms with E-state index in [9.17, 15) is 4.79 Å². The molecule has 1 aliphatic rings. The Morgan fingerprint density at radius 3 is 2.79 bits per heavy atom. The van der Waals surface area contributed by atoms with E-state index in [1.807, 2.05) is 17.8 Å². The van der Waals surface area contributed by atoms with E-state index in [1.165, 1.54) is 37.0 Å². The first-order chi connectivity index (χ1) is 6.88. The maximum absolute atomic E-state index is 10.5. The number of hydrogen-bond acceptors (Lipinski definition) is 3. The minimum atomic E-state index is 0.790. The monoisotopic (exact) mass is 226 g/mol. The van der Waals surface area contributed by atoms with Crippen LogP contribution < -0.4 is 0 Å². The number of carbonyl (C=O) groups is 1. The lowest BCUT2D eigenvalue weighted by molar-refractivity contribution is 0.112. The van der Waals surface area contributed by atoms with E-state index >= 15 is 0 Å². The van der Waals surface area contributed by atoms with E-state index < -0.39 is 0 Å².